The van der Waals surface area contributed by atoms with Crippen molar-refractivity contribution in [3.63, 3.8) is 0 Å². The van der Waals surface area contributed by atoms with Crippen LogP contribution in [0.1, 0.15) is 87.4 Å². The van der Waals surface area contributed by atoms with E-state index >= 15 is 0 Å². The second-order valence-corrected chi connectivity index (χ2v) is 32.7. The summed E-state index contributed by atoms with van der Waals surface area (Å²) >= 11 is 28.4. The third-order valence-corrected chi connectivity index (χ3v) is 21.9. The number of methoxy groups -OCH3 is 6. The fourth-order valence-corrected chi connectivity index (χ4v) is 14.9. The summed E-state index contributed by atoms with van der Waals surface area (Å²) in [7, 11) is 16.9. The summed E-state index contributed by atoms with van der Waals surface area (Å²) in [5, 5.41) is 4.40. The largest absolute Gasteiger partial charge is 0.441 e. The first kappa shape index (κ1) is 91.5. The van der Waals surface area contributed by atoms with Gasteiger partial charge in [-0.2, -0.15) is 0 Å². The van der Waals surface area contributed by atoms with Gasteiger partial charge < -0.3 is 47.1 Å². The van der Waals surface area contributed by atoms with Crippen molar-refractivity contribution in [2.45, 2.75) is 73.8 Å². The van der Waals surface area contributed by atoms with Crippen LogP contribution in [0.15, 0.2) is 242 Å². The van der Waals surface area contributed by atoms with Crippen LogP contribution in [0.4, 0.5) is 4.39 Å². The number of nitrogens with zero attached hydrogens (tertiary/aromatic N) is 6. The van der Waals surface area contributed by atoms with Gasteiger partial charge in [0.05, 0.1) is 52.0 Å². The van der Waals surface area contributed by atoms with E-state index < -0.39 is 0 Å². The topological polar surface area (TPSA) is 174 Å². The van der Waals surface area contributed by atoms with Crippen LogP contribution < -0.4 is 0 Å². The van der Waals surface area contributed by atoms with Gasteiger partial charge in [-0.05, 0) is 221 Å². The number of carbonyl (C=O) groups excluding carboxylic acids is 2. The molecule has 24 heteroatoms. The van der Waals surface area contributed by atoms with Crippen LogP contribution in [0.3, 0.4) is 0 Å². The highest BCUT2D eigenvalue weighted by Gasteiger charge is 2.19. The molecule has 0 saturated heterocycles. The van der Waals surface area contributed by atoms with Crippen molar-refractivity contribution >= 4 is 107 Å². The molecule has 117 heavy (non-hydrogen) atoms. The van der Waals surface area contributed by atoms with Crippen LogP contribution in [0.5, 0.6) is 0 Å². The number of aromatic nitrogens is 4. The molecule has 0 bridgehead atoms. The standard InChI is InChI=1S/C18H16ClNO2.C18H16ClNOS.C17H18FNO2.C16H18ClNO2.C12H12BrNO2.C12H12BrNOS/c2*1-12-10-20-18(22-12)14-5-8-17(15(9-14)11-21-2)13-3-6-16(19)7-4-13;1-19(2)17(20)13-7-8-16(14(9-13)11-21-3)12-5-4-6-15(18)10-12;1-18(2)16(19)12-5-7-15(13(8-12)10-20-3)11-4-6-14(17)9-11;2*1-8-6-14-12(16-8)9-3-4-11(13)10(5-9)7-15-2/h2*3-10H,11H2,1-2H3;4-10H,11H2,1-3H3;4-8H,9-10H2,1-3H3;2*3-6H,7H2,1-2H3. The third-order valence-electron chi connectivity index (χ3n) is 17.7. The van der Waals surface area contributed by atoms with Gasteiger partial charge in [0, 0.05) is 157 Å². The average molecular weight is 1800 g/mol. The van der Waals surface area contributed by atoms with E-state index in [1.54, 1.807) is 129 Å². The van der Waals surface area contributed by atoms with E-state index in [-0.39, 0.29) is 17.6 Å². The summed E-state index contributed by atoms with van der Waals surface area (Å²) in [6.07, 6.45) is 11.9. The van der Waals surface area contributed by atoms with Gasteiger partial charge in [-0.25, -0.2) is 24.3 Å². The number of allylic oxidation sites excluding steroid dienone is 4. The van der Waals surface area contributed by atoms with Gasteiger partial charge in [0.2, 0.25) is 11.8 Å². The Hall–Kier alpha value is -9.40. The molecule has 9 aromatic carbocycles. The third kappa shape index (κ3) is 26.5. The molecule has 2 amide bonds. The molecule has 0 spiro atoms. The molecule has 0 radical (unpaired) electrons. The van der Waals surface area contributed by atoms with Gasteiger partial charge in [0.15, 0.2) is 0 Å². The average Bonchev–Trinajstić information content (AvgIpc) is 1.59. The van der Waals surface area contributed by atoms with Crippen molar-refractivity contribution in [1.82, 2.24) is 29.7 Å². The Bertz CT molecular complexity index is 5310. The SMILES string of the molecule is COCc1cc(-c2ncc(C)o2)ccc1-c1ccc(Cl)cc1.COCc1cc(-c2ncc(C)o2)ccc1Br.COCc1cc(-c2ncc(C)s2)ccc1-c1ccc(Cl)cc1.COCc1cc(-c2ncc(C)s2)ccc1Br.COCc1cc(C(=O)N(C)C)ccc1-c1cccc(F)c1.COCc1cc(C(=O)N(C)C)ccc1C1=CC=C(Cl)C1. The van der Waals surface area contributed by atoms with Crippen molar-refractivity contribution in [2.24, 2.45) is 0 Å². The van der Waals surface area contributed by atoms with Gasteiger partial charge >= 0.3 is 0 Å². The summed E-state index contributed by atoms with van der Waals surface area (Å²) < 4.78 is 58.0. The van der Waals surface area contributed by atoms with Gasteiger partial charge in [-0.15, -0.1) is 22.7 Å². The minimum atomic E-state index is -0.288. The first-order chi connectivity index (χ1) is 56.3. The summed E-state index contributed by atoms with van der Waals surface area (Å²) in [5.41, 5.74) is 20.2. The van der Waals surface area contributed by atoms with Crippen molar-refractivity contribution in [1.29, 1.82) is 0 Å². The molecule has 16 nitrogen and oxygen atoms in total. The highest BCUT2D eigenvalue weighted by Crippen LogP contribution is 2.37. The van der Waals surface area contributed by atoms with E-state index in [4.69, 9.17) is 72.1 Å². The maximum atomic E-state index is 13.4. The molecular formula is C93H92Br2Cl3FN6O10S2. The van der Waals surface area contributed by atoms with Crippen molar-refractivity contribution in [3.8, 4) is 77.4 Å². The number of carbonyl (C=O) groups is 2. The van der Waals surface area contributed by atoms with Gasteiger partial charge in [-0.3, -0.25) is 9.59 Å². The van der Waals surface area contributed by atoms with E-state index in [0.717, 1.165) is 152 Å². The van der Waals surface area contributed by atoms with E-state index in [1.807, 2.05) is 148 Å². The molecule has 0 saturated carbocycles. The Balaban J connectivity index is 0.000000161. The maximum absolute atomic E-state index is 13.4. The first-order valence-electron chi connectivity index (χ1n) is 36.8. The zero-order valence-corrected chi connectivity index (χ0v) is 74.7. The first-order valence-corrected chi connectivity index (χ1v) is 41.2. The molecule has 0 fully saturated rings. The number of rotatable bonds is 22. The lowest BCUT2D eigenvalue weighted by atomic mass is 9.97. The van der Waals surface area contributed by atoms with E-state index in [0.29, 0.717) is 62.5 Å². The monoisotopic (exact) mass is 1800 g/mol. The van der Waals surface area contributed by atoms with Crippen LogP contribution in [0, 0.1) is 33.5 Å². The Morgan fingerprint density at radius 2 is 0.769 bits per heavy atom. The van der Waals surface area contributed by atoms with E-state index in [2.05, 4.69) is 108 Å². The normalized spacial score (nSPS) is 11.3. The van der Waals surface area contributed by atoms with Crippen LogP contribution in [0.25, 0.3) is 83.0 Å². The molecule has 1 aliphatic rings. The summed E-state index contributed by atoms with van der Waals surface area (Å²) in [6, 6.07) is 57.9. The minimum Gasteiger partial charge on any atom is -0.441 e. The highest BCUT2D eigenvalue weighted by atomic mass is 79.9. The minimum absolute atomic E-state index is 0.00883. The van der Waals surface area contributed by atoms with Crippen LogP contribution in [0.2, 0.25) is 10.0 Å². The summed E-state index contributed by atoms with van der Waals surface area (Å²) in [6.45, 7) is 11.0. The molecule has 13 aromatic rings. The molecule has 1 aliphatic carbocycles. The molecule has 14 rings (SSSR count). The van der Waals surface area contributed by atoms with Gasteiger partial charge in [0.25, 0.3) is 11.8 Å². The number of hydrogen-bond donors (Lipinski definition) is 0. The van der Waals surface area contributed by atoms with Gasteiger partial charge in [0.1, 0.15) is 27.4 Å². The fourth-order valence-electron chi connectivity index (χ4n) is 12.2. The number of halogens is 6. The van der Waals surface area contributed by atoms with Crippen LogP contribution in [-0.2, 0) is 68.1 Å². The lowest BCUT2D eigenvalue weighted by molar-refractivity contribution is 0.0820. The van der Waals surface area contributed by atoms with Crippen molar-refractivity contribution < 1.29 is 51.2 Å². The van der Waals surface area contributed by atoms with Crippen LogP contribution in [-0.4, -0.2) is 112 Å². The lowest BCUT2D eigenvalue weighted by Crippen LogP contribution is -2.21. The molecule has 0 aliphatic heterocycles. The van der Waals surface area contributed by atoms with Crippen LogP contribution >= 0.6 is 89.3 Å². The molecule has 0 N–H and O–H groups in total. The lowest BCUT2D eigenvalue weighted by Gasteiger charge is -2.15. The predicted octanol–water partition coefficient (Wildman–Crippen LogP) is 25.1. The van der Waals surface area contributed by atoms with E-state index in [9.17, 15) is 14.0 Å². The number of aryl methyl sites for hydroxylation is 4. The Morgan fingerprint density at radius 1 is 0.410 bits per heavy atom. The number of thiazole rings is 2. The smallest absolute Gasteiger partial charge is 0.253 e. The molecule has 608 valence electrons. The highest BCUT2D eigenvalue weighted by molar-refractivity contribution is 9.10. The molecule has 0 unspecified atom stereocenters. The number of oxazole rings is 2. The van der Waals surface area contributed by atoms with E-state index in [1.165, 1.54) is 26.8 Å². The number of amides is 2. The number of ether oxygens (including phenoxy) is 6. The zero-order valence-electron chi connectivity index (χ0n) is 67.6. The van der Waals surface area contributed by atoms with Crippen molar-refractivity contribution in [3.05, 3.63) is 320 Å². The maximum Gasteiger partial charge on any atom is 0.253 e. The molecular weight excluding hydrogens is 1710 g/mol. The van der Waals surface area contributed by atoms with Crippen molar-refractivity contribution in [2.75, 3.05) is 70.8 Å². The second-order valence-electron chi connectivity index (χ2n) is 27.2. The zero-order chi connectivity index (χ0) is 84.2. The fraction of sp³-hybridized carbons (Fsp3) is 0.226. The summed E-state index contributed by atoms with van der Waals surface area (Å²) in [4.78, 5) is 46.9. The van der Waals surface area contributed by atoms with Gasteiger partial charge in [-0.1, -0.05) is 146 Å². The number of benzene rings is 9. The Labute approximate surface area is 724 Å². The summed E-state index contributed by atoms with van der Waals surface area (Å²) in [5.74, 6) is 2.50. The molecule has 0 atom stereocenters. The second kappa shape index (κ2) is 45.5. The predicted molar refractivity (Wildman–Crippen MR) is 479 cm³/mol. The quantitative estimate of drug-likeness (QED) is 0.0627. The molecule has 4 aromatic heterocycles. The molecule has 4 heterocycles. The Kier molecular flexibility index (Phi) is 35.6. The Morgan fingerprint density at radius 3 is 1.16 bits per heavy atom. The number of hydrogen-bond acceptors (Lipinski definition) is 16.